The third-order valence-electron chi connectivity index (χ3n) is 1.48. The van der Waals surface area contributed by atoms with Crippen LogP contribution in [0.15, 0.2) is 29.2 Å². The molecule has 0 fully saturated rings. The highest BCUT2D eigenvalue weighted by Gasteiger charge is 1.99. The van der Waals surface area contributed by atoms with Crippen molar-refractivity contribution in [2.45, 2.75) is 11.4 Å². The molecular weight excluding hydrogens is 174 g/mol. The molecule has 2 N–H and O–H groups in total. The Morgan fingerprint density at radius 2 is 2.33 bits per heavy atom. The van der Waals surface area contributed by atoms with Gasteiger partial charge in [0.2, 0.25) is 0 Å². The van der Waals surface area contributed by atoms with Gasteiger partial charge in [0, 0.05) is 6.54 Å². The first kappa shape index (κ1) is 9.38. The number of rotatable bonds is 3. The Bertz CT molecular complexity index is 288. The lowest BCUT2D eigenvalue weighted by atomic mass is 10.2. The lowest BCUT2D eigenvalue weighted by Crippen LogP contribution is -2.05. The fraction of sp³-hybridized carbons (Fsp3) is 0.250. The molecule has 66 valence electrons. The molecule has 0 saturated heterocycles. The number of benzene rings is 1. The van der Waals surface area contributed by atoms with Crippen LogP contribution in [0.4, 0.5) is 0 Å². The van der Waals surface area contributed by atoms with E-state index in [9.17, 15) is 4.21 Å². The minimum absolute atomic E-state index is 0.447. The predicted octanol–water partition coefficient (Wildman–Crippen LogP) is 0.987. The van der Waals surface area contributed by atoms with Gasteiger partial charge < -0.3 is 9.87 Å². The summed E-state index contributed by atoms with van der Waals surface area (Å²) in [6, 6.07) is 7.03. The summed E-state index contributed by atoms with van der Waals surface area (Å²) < 4.78 is 19.4. The maximum Gasteiger partial charge on any atom is 0.186 e. The lowest BCUT2D eigenvalue weighted by Gasteiger charge is -2.00. The Hall–Kier alpha value is -0.710. The van der Waals surface area contributed by atoms with Crippen LogP contribution in [0.2, 0.25) is 0 Å². The van der Waals surface area contributed by atoms with Crippen LogP contribution in [0.5, 0.6) is 0 Å². The second kappa shape index (κ2) is 4.35. The molecule has 3 nitrogen and oxygen atoms in total. The molecule has 1 atom stereocenters. The van der Waals surface area contributed by atoms with Crippen molar-refractivity contribution in [1.82, 2.24) is 5.32 Å². The minimum atomic E-state index is -1.87. The maximum atomic E-state index is 10.6. The topological polar surface area (TPSA) is 49.3 Å². The van der Waals surface area contributed by atoms with E-state index in [1.54, 1.807) is 18.2 Å². The van der Waals surface area contributed by atoms with Gasteiger partial charge in [0.15, 0.2) is 11.1 Å². The van der Waals surface area contributed by atoms with E-state index in [1.165, 1.54) is 0 Å². The molecule has 0 saturated carbocycles. The summed E-state index contributed by atoms with van der Waals surface area (Å²) >= 11 is -1.87. The number of hydrogen-bond donors (Lipinski definition) is 2. The smallest absolute Gasteiger partial charge is 0.186 e. The Balaban J connectivity index is 2.88. The normalized spacial score (nSPS) is 12.8. The average molecular weight is 185 g/mol. The molecule has 1 rings (SSSR count). The van der Waals surface area contributed by atoms with Gasteiger partial charge in [0.1, 0.15) is 0 Å². The fourth-order valence-corrected chi connectivity index (χ4v) is 1.42. The average Bonchev–Trinajstić information content (AvgIpc) is 2.05. The van der Waals surface area contributed by atoms with Crippen molar-refractivity contribution in [1.29, 1.82) is 0 Å². The Morgan fingerprint density at radius 3 is 2.92 bits per heavy atom. The summed E-state index contributed by atoms with van der Waals surface area (Å²) in [5.41, 5.74) is 1.01. The highest BCUT2D eigenvalue weighted by molar-refractivity contribution is 7.79. The van der Waals surface area contributed by atoms with E-state index in [4.69, 9.17) is 4.55 Å². The number of hydrogen-bond acceptors (Lipinski definition) is 2. The van der Waals surface area contributed by atoms with E-state index in [0.717, 1.165) is 5.56 Å². The standard InChI is InChI=1S/C8H11NO2S/c1-9-6-7-3-2-4-8(5-7)12(10)11/h2-5,9H,6H2,1H3,(H,10,11). The summed E-state index contributed by atoms with van der Waals surface area (Å²) in [7, 11) is 1.84. The maximum absolute atomic E-state index is 10.6. The van der Waals surface area contributed by atoms with Crippen LogP contribution in [-0.4, -0.2) is 15.8 Å². The molecule has 1 aromatic carbocycles. The van der Waals surface area contributed by atoms with Crippen LogP contribution in [-0.2, 0) is 17.6 Å². The second-order valence-corrected chi connectivity index (χ2v) is 3.40. The SMILES string of the molecule is CNCc1cccc(S(=O)O)c1. The molecule has 0 bridgehead atoms. The van der Waals surface area contributed by atoms with Crippen molar-refractivity contribution < 1.29 is 8.76 Å². The molecule has 12 heavy (non-hydrogen) atoms. The van der Waals surface area contributed by atoms with Crippen molar-refractivity contribution in [2.24, 2.45) is 0 Å². The van der Waals surface area contributed by atoms with Gasteiger partial charge in [-0.15, -0.1) is 0 Å². The quantitative estimate of drug-likeness (QED) is 0.690. The molecular formula is C8H11NO2S. The Kier molecular flexibility index (Phi) is 3.40. The molecule has 1 unspecified atom stereocenters. The molecule has 0 aliphatic rings. The molecule has 0 amide bonds. The van der Waals surface area contributed by atoms with Gasteiger partial charge >= 0.3 is 0 Å². The summed E-state index contributed by atoms with van der Waals surface area (Å²) in [6.45, 7) is 0.713. The van der Waals surface area contributed by atoms with E-state index in [-0.39, 0.29) is 0 Å². The third kappa shape index (κ3) is 2.41. The molecule has 0 heterocycles. The first-order chi connectivity index (χ1) is 5.74. The summed E-state index contributed by atoms with van der Waals surface area (Å²) in [4.78, 5) is 0.447. The molecule has 0 aliphatic carbocycles. The van der Waals surface area contributed by atoms with Crippen LogP contribution in [0.1, 0.15) is 5.56 Å². The van der Waals surface area contributed by atoms with Crippen LogP contribution in [0.25, 0.3) is 0 Å². The van der Waals surface area contributed by atoms with Gasteiger partial charge in [-0.1, -0.05) is 12.1 Å². The van der Waals surface area contributed by atoms with E-state index < -0.39 is 11.1 Å². The van der Waals surface area contributed by atoms with Crippen LogP contribution >= 0.6 is 0 Å². The molecule has 0 radical (unpaired) electrons. The zero-order valence-electron chi connectivity index (χ0n) is 6.78. The molecule has 4 heteroatoms. The first-order valence-corrected chi connectivity index (χ1v) is 4.69. The van der Waals surface area contributed by atoms with Crippen molar-refractivity contribution in [3.63, 3.8) is 0 Å². The molecule has 1 aromatic rings. The number of nitrogens with one attached hydrogen (secondary N) is 1. The monoisotopic (exact) mass is 185 g/mol. The van der Waals surface area contributed by atoms with E-state index in [0.29, 0.717) is 11.4 Å². The summed E-state index contributed by atoms with van der Waals surface area (Å²) in [6.07, 6.45) is 0. The second-order valence-electron chi connectivity index (χ2n) is 2.43. The van der Waals surface area contributed by atoms with Gasteiger partial charge in [-0.2, -0.15) is 0 Å². The zero-order chi connectivity index (χ0) is 8.97. The highest BCUT2D eigenvalue weighted by Crippen LogP contribution is 2.07. The summed E-state index contributed by atoms with van der Waals surface area (Å²) in [5, 5.41) is 2.97. The van der Waals surface area contributed by atoms with E-state index in [2.05, 4.69) is 5.32 Å². The van der Waals surface area contributed by atoms with Gasteiger partial charge in [-0.25, -0.2) is 4.21 Å². The molecule has 0 aliphatic heterocycles. The van der Waals surface area contributed by atoms with Gasteiger partial charge in [0.05, 0.1) is 4.90 Å². The lowest BCUT2D eigenvalue weighted by molar-refractivity contribution is 0.564. The molecule has 0 spiro atoms. The first-order valence-electron chi connectivity index (χ1n) is 3.58. The van der Waals surface area contributed by atoms with Crippen molar-refractivity contribution in [2.75, 3.05) is 7.05 Å². The van der Waals surface area contributed by atoms with Crippen molar-refractivity contribution in [3.05, 3.63) is 29.8 Å². The Morgan fingerprint density at radius 1 is 1.58 bits per heavy atom. The van der Waals surface area contributed by atoms with Gasteiger partial charge in [-0.3, -0.25) is 0 Å². The summed E-state index contributed by atoms with van der Waals surface area (Å²) in [5.74, 6) is 0. The minimum Gasteiger partial charge on any atom is -0.316 e. The van der Waals surface area contributed by atoms with Crippen molar-refractivity contribution in [3.8, 4) is 0 Å². The highest BCUT2D eigenvalue weighted by atomic mass is 32.2. The predicted molar refractivity (Wildman–Crippen MR) is 48.2 cm³/mol. The molecule has 0 aromatic heterocycles. The van der Waals surface area contributed by atoms with Gasteiger partial charge in [0.25, 0.3) is 0 Å². The largest absolute Gasteiger partial charge is 0.316 e. The van der Waals surface area contributed by atoms with Crippen LogP contribution < -0.4 is 5.32 Å². The van der Waals surface area contributed by atoms with E-state index >= 15 is 0 Å². The van der Waals surface area contributed by atoms with E-state index in [1.807, 2.05) is 13.1 Å². The third-order valence-corrected chi connectivity index (χ3v) is 2.14. The zero-order valence-corrected chi connectivity index (χ0v) is 7.60. The van der Waals surface area contributed by atoms with Crippen LogP contribution in [0.3, 0.4) is 0 Å². The van der Waals surface area contributed by atoms with Crippen LogP contribution in [0, 0.1) is 0 Å². The van der Waals surface area contributed by atoms with Gasteiger partial charge in [-0.05, 0) is 24.7 Å². The fourth-order valence-electron chi connectivity index (χ4n) is 0.968. The van der Waals surface area contributed by atoms with Crippen molar-refractivity contribution >= 4 is 11.1 Å². The Labute approximate surface area is 74.1 Å².